The second-order valence-electron chi connectivity index (χ2n) is 3.29. The highest BCUT2D eigenvalue weighted by Gasteiger charge is 2.19. The van der Waals surface area contributed by atoms with Gasteiger partial charge in [0.25, 0.3) is 11.7 Å². The zero-order valence-corrected chi connectivity index (χ0v) is 8.69. The van der Waals surface area contributed by atoms with Crippen molar-refractivity contribution < 1.29 is 4.79 Å². The van der Waals surface area contributed by atoms with Crippen molar-refractivity contribution >= 4 is 5.91 Å². The molecule has 0 saturated carbocycles. The predicted molar refractivity (Wildman–Crippen MR) is 50.6 cm³/mol. The lowest BCUT2D eigenvalue weighted by Crippen LogP contribution is -2.35. The van der Waals surface area contributed by atoms with E-state index >= 15 is 0 Å². The number of nitrogens with one attached hydrogen (secondary N) is 1. The number of rotatable bonds is 4. The first-order valence-corrected chi connectivity index (χ1v) is 4.67. The van der Waals surface area contributed by atoms with Crippen molar-refractivity contribution in [3.8, 4) is 0 Å². The molecule has 1 rings (SSSR count). The topological polar surface area (TPSA) is 74.8 Å². The van der Waals surface area contributed by atoms with Crippen LogP contribution >= 0.6 is 0 Å². The minimum Gasteiger partial charge on any atom is -0.336 e. The van der Waals surface area contributed by atoms with Gasteiger partial charge < -0.3 is 4.90 Å². The average Bonchev–Trinajstić information content (AvgIpc) is 2.68. The molecule has 1 N–H and O–H groups in total. The van der Waals surface area contributed by atoms with Gasteiger partial charge in [0.05, 0.1) is 0 Å². The van der Waals surface area contributed by atoms with Crippen LogP contribution < -0.4 is 0 Å². The number of H-pyrrole nitrogens is 1. The Hall–Kier alpha value is -1.46. The van der Waals surface area contributed by atoms with E-state index in [-0.39, 0.29) is 17.8 Å². The molecule has 0 aliphatic carbocycles. The van der Waals surface area contributed by atoms with Gasteiger partial charge in [-0.2, -0.15) is 5.21 Å². The molecule has 0 aromatic carbocycles. The van der Waals surface area contributed by atoms with Crippen LogP contribution in [0.5, 0.6) is 0 Å². The third-order valence-corrected chi connectivity index (χ3v) is 2.22. The molecule has 1 unspecified atom stereocenters. The fourth-order valence-corrected chi connectivity index (χ4v) is 1.22. The Labute approximate surface area is 82.7 Å². The lowest BCUT2D eigenvalue weighted by molar-refractivity contribution is 0.0724. The van der Waals surface area contributed by atoms with Gasteiger partial charge in [-0.3, -0.25) is 4.79 Å². The molecule has 6 nitrogen and oxygen atoms in total. The second-order valence-corrected chi connectivity index (χ2v) is 3.29. The first-order valence-electron chi connectivity index (χ1n) is 4.67. The van der Waals surface area contributed by atoms with Crippen LogP contribution in [-0.2, 0) is 0 Å². The van der Waals surface area contributed by atoms with Crippen molar-refractivity contribution in [1.82, 2.24) is 25.5 Å². The summed E-state index contributed by atoms with van der Waals surface area (Å²) < 4.78 is 0. The number of aromatic amines is 1. The number of aromatic nitrogens is 4. The Bertz CT molecular complexity index is 284. The van der Waals surface area contributed by atoms with E-state index in [0.717, 1.165) is 12.8 Å². The normalized spacial score (nSPS) is 12.5. The van der Waals surface area contributed by atoms with Gasteiger partial charge in [0.1, 0.15) is 0 Å². The van der Waals surface area contributed by atoms with Gasteiger partial charge in [0.2, 0.25) is 0 Å². The second kappa shape index (κ2) is 4.69. The van der Waals surface area contributed by atoms with Gasteiger partial charge in [-0.15, -0.1) is 10.2 Å². The molecule has 6 heteroatoms. The Kier molecular flexibility index (Phi) is 3.55. The largest absolute Gasteiger partial charge is 0.336 e. The van der Waals surface area contributed by atoms with Crippen molar-refractivity contribution in [1.29, 1.82) is 0 Å². The van der Waals surface area contributed by atoms with E-state index in [0.29, 0.717) is 0 Å². The summed E-state index contributed by atoms with van der Waals surface area (Å²) >= 11 is 0. The molecule has 0 fully saturated rings. The Balaban J connectivity index is 2.61. The summed E-state index contributed by atoms with van der Waals surface area (Å²) in [4.78, 5) is 13.3. The number of amides is 1. The number of hydrogen-bond donors (Lipinski definition) is 1. The Morgan fingerprint density at radius 2 is 2.36 bits per heavy atom. The molecule has 1 heterocycles. The molecular weight excluding hydrogens is 182 g/mol. The fourth-order valence-electron chi connectivity index (χ4n) is 1.22. The van der Waals surface area contributed by atoms with Gasteiger partial charge in [-0.05, 0) is 18.6 Å². The average molecular weight is 197 g/mol. The van der Waals surface area contributed by atoms with Crippen LogP contribution in [0.1, 0.15) is 37.3 Å². The monoisotopic (exact) mass is 197 g/mol. The summed E-state index contributed by atoms with van der Waals surface area (Å²) in [5.74, 6) is -0.0739. The highest BCUT2D eigenvalue weighted by atomic mass is 16.2. The highest BCUT2D eigenvalue weighted by Crippen LogP contribution is 2.06. The van der Waals surface area contributed by atoms with Crippen LogP contribution in [-0.4, -0.2) is 44.5 Å². The minimum atomic E-state index is -0.195. The van der Waals surface area contributed by atoms with Gasteiger partial charge in [0, 0.05) is 13.1 Å². The first-order chi connectivity index (χ1) is 6.66. The zero-order chi connectivity index (χ0) is 10.6. The van der Waals surface area contributed by atoms with Crippen LogP contribution in [0, 0.1) is 0 Å². The lowest BCUT2D eigenvalue weighted by Gasteiger charge is -2.22. The quantitative estimate of drug-likeness (QED) is 0.760. The van der Waals surface area contributed by atoms with E-state index in [1.807, 2.05) is 6.92 Å². The molecule has 1 atom stereocenters. The minimum absolute atomic E-state index is 0.121. The van der Waals surface area contributed by atoms with Crippen molar-refractivity contribution in [2.45, 2.75) is 32.7 Å². The van der Waals surface area contributed by atoms with Crippen molar-refractivity contribution in [2.24, 2.45) is 0 Å². The molecule has 78 valence electrons. The van der Waals surface area contributed by atoms with Gasteiger partial charge in [0.15, 0.2) is 0 Å². The number of nitrogens with zero attached hydrogens (tertiary/aromatic N) is 4. The van der Waals surface area contributed by atoms with Crippen molar-refractivity contribution in [2.75, 3.05) is 7.05 Å². The maximum absolute atomic E-state index is 11.7. The standard InChI is InChI=1S/C8H15N5O/c1-4-5-6(2)13(3)8(14)7-9-11-12-10-7/h6H,4-5H2,1-3H3,(H,9,10,11,12). The van der Waals surface area contributed by atoms with E-state index < -0.39 is 0 Å². The van der Waals surface area contributed by atoms with Crippen LogP contribution in [0.3, 0.4) is 0 Å². The number of tetrazole rings is 1. The molecular formula is C8H15N5O. The summed E-state index contributed by atoms with van der Waals surface area (Å²) in [7, 11) is 1.75. The third kappa shape index (κ3) is 2.27. The molecule has 1 aromatic rings. The number of carbonyl (C=O) groups excluding carboxylic acids is 1. The fraction of sp³-hybridized carbons (Fsp3) is 0.750. The van der Waals surface area contributed by atoms with E-state index in [1.165, 1.54) is 0 Å². The number of carbonyl (C=O) groups is 1. The highest BCUT2D eigenvalue weighted by molar-refractivity contribution is 5.90. The molecule has 1 amide bonds. The van der Waals surface area contributed by atoms with Crippen molar-refractivity contribution in [3.05, 3.63) is 5.82 Å². The van der Waals surface area contributed by atoms with Crippen LogP contribution in [0.4, 0.5) is 0 Å². The summed E-state index contributed by atoms with van der Waals surface area (Å²) in [5.41, 5.74) is 0. The van der Waals surface area contributed by atoms with E-state index in [1.54, 1.807) is 11.9 Å². The van der Waals surface area contributed by atoms with Crippen LogP contribution in [0.2, 0.25) is 0 Å². The summed E-state index contributed by atoms with van der Waals surface area (Å²) in [6, 6.07) is 0.200. The van der Waals surface area contributed by atoms with Gasteiger partial charge >= 0.3 is 0 Å². The summed E-state index contributed by atoms with van der Waals surface area (Å²) in [6.07, 6.45) is 2.02. The van der Waals surface area contributed by atoms with E-state index in [9.17, 15) is 4.79 Å². The Morgan fingerprint density at radius 1 is 1.64 bits per heavy atom. The maximum Gasteiger partial charge on any atom is 0.295 e. The lowest BCUT2D eigenvalue weighted by atomic mass is 10.2. The molecule has 0 spiro atoms. The molecule has 0 aliphatic heterocycles. The van der Waals surface area contributed by atoms with E-state index in [4.69, 9.17) is 0 Å². The van der Waals surface area contributed by atoms with Crippen LogP contribution in [0.25, 0.3) is 0 Å². The van der Waals surface area contributed by atoms with E-state index in [2.05, 4.69) is 27.5 Å². The molecule has 0 radical (unpaired) electrons. The smallest absolute Gasteiger partial charge is 0.295 e. The number of hydrogen-bond acceptors (Lipinski definition) is 4. The Morgan fingerprint density at radius 3 is 2.86 bits per heavy atom. The molecule has 0 bridgehead atoms. The zero-order valence-electron chi connectivity index (χ0n) is 8.69. The predicted octanol–water partition coefficient (Wildman–Crippen LogP) is 0.460. The molecule has 0 aliphatic rings. The molecule has 1 aromatic heterocycles. The third-order valence-electron chi connectivity index (χ3n) is 2.22. The molecule has 0 saturated heterocycles. The molecule has 14 heavy (non-hydrogen) atoms. The van der Waals surface area contributed by atoms with Gasteiger partial charge in [-0.1, -0.05) is 13.3 Å². The van der Waals surface area contributed by atoms with Crippen molar-refractivity contribution in [3.63, 3.8) is 0 Å². The van der Waals surface area contributed by atoms with Crippen LogP contribution in [0.15, 0.2) is 0 Å². The SMILES string of the molecule is CCCC(C)N(C)C(=O)c1nn[nH]n1. The summed E-state index contributed by atoms with van der Waals surface area (Å²) in [6.45, 7) is 4.09. The maximum atomic E-state index is 11.7. The summed E-state index contributed by atoms with van der Waals surface area (Å²) in [5, 5.41) is 12.9. The first kappa shape index (κ1) is 10.6. The van der Waals surface area contributed by atoms with Gasteiger partial charge in [-0.25, -0.2) is 0 Å².